The molecule has 1 aliphatic carbocycles. The smallest absolute Gasteiger partial charge is 0.199 e. The Bertz CT molecular complexity index is 422. The molecule has 0 bridgehead atoms. The van der Waals surface area contributed by atoms with Crippen LogP contribution in [-0.2, 0) is 11.2 Å². The molecular formula is C22H36O2. The van der Waals surface area contributed by atoms with Crippen molar-refractivity contribution in [2.45, 2.75) is 90.8 Å². The van der Waals surface area contributed by atoms with Gasteiger partial charge in [0.15, 0.2) is 6.29 Å². The monoisotopic (exact) mass is 332 g/mol. The summed E-state index contributed by atoms with van der Waals surface area (Å²) in [7, 11) is 0. The van der Waals surface area contributed by atoms with E-state index in [-0.39, 0.29) is 6.29 Å². The molecule has 1 aromatic carbocycles. The highest BCUT2D eigenvalue weighted by Crippen LogP contribution is 2.29. The van der Waals surface area contributed by atoms with Crippen LogP contribution in [-0.4, -0.2) is 12.9 Å². The number of unbranched alkanes of at least 4 members (excludes halogenated alkanes) is 5. The molecule has 0 heterocycles. The highest BCUT2D eigenvalue weighted by atomic mass is 16.7. The van der Waals surface area contributed by atoms with Crippen molar-refractivity contribution >= 4 is 0 Å². The van der Waals surface area contributed by atoms with Gasteiger partial charge in [0.05, 0.1) is 6.61 Å². The number of benzene rings is 1. The Hall–Kier alpha value is -1.02. The second-order valence-electron chi connectivity index (χ2n) is 7.27. The predicted molar refractivity (Wildman–Crippen MR) is 102 cm³/mol. The molecule has 1 saturated carbocycles. The number of ether oxygens (including phenoxy) is 2. The van der Waals surface area contributed by atoms with Crippen LogP contribution in [0.25, 0.3) is 0 Å². The summed E-state index contributed by atoms with van der Waals surface area (Å²) in [6.07, 6.45) is 13.9. The second-order valence-corrected chi connectivity index (χ2v) is 7.27. The quantitative estimate of drug-likeness (QED) is 0.285. The van der Waals surface area contributed by atoms with Crippen LogP contribution in [0.3, 0.4) is 0 Å². The standard InChI is InChI=1S/C22H36O2/c1-3-5-6-7-8-9-11-19-14-16-21(17-15-19)24-22(10-4-2)23-18-20-12-13-20/h14-17,20,22H,3-13,18H2,1-2H3. The van der Waals surface area contributed by atoms with E-state index in [4.69, 9.17) is 9.47 Å². The van der Waals surface area contributed by atoms with Gasteiger partial charge < -0.3 is 9.47 Å². The van der Waals surface area contributed by atoms with Crippen LogP contribution < -0.4 is 4.74 Å². The molecule has 1 fully saturated rings. The van der Waals surface area contributed by atoms with Crippen molar-refractivity contribution in [2.75, 3.05) is 6.61 Å². The average Bonchev–Trinajstić information content (AvgIpc) is 3.42. The van der Waals surface area contributed by atoms with Crippen LogP contribution in [0.4, 0.5) is 0 Å². The molecule has 0 radical (unpaired) electrons. The normalized spacial score (nSPS) is 15.4. The molecule has 0 amide bonds. The highest BCUT2D eigenvalue weighted by molar-refractivity contribution is 5.27. The zero-order chi connectivity index (χ0) is 17.0. The van der Waals surface area contributed by atoms with E-state index in [2.05, 4.69) is 38.1 Å². The summed E-state index contributed by atoms with van der Waals surface area (Å²) in [5.41, 5.74) is 1.42. The lowest BCUT2D eigenvalue weighted by atomic mass is 10.0. The van der Waals surface area contributed by atoms with Gasteiger partial charge in [-0.3, -0.25) is 0 Å². The maximum Gasteiger partial charge on any atom is 0.199 e. The van der Waals surface area contributed by atoms with E-state index in [1.54, 1.807) is 0 Å². The van der Waals surface area contributed by atoms with Crippen LogP contribution in [0.2, 0.25) is 0 Å². The lowest BCUT2D eigenvalue weighted by Gasteiger charge is -2.19. The first kappa shape index (κ1) is 19.3. The van der Waals surface area contributed by atoms with Crippen LogP contribution in [0.5, 0.6) is 5.75 Å². The first-order valence-corrected chi connectivity index (χ1v) is 10.2. The summed E-state index contributed by atoms with van der Waals surface area (Å²) in [4.78, 5) is 0. The van der Waals surface area contributed by atoms with E-state index < -0.39 is 0 Å². The average molecular weight is 333 g/mol. The second kappa shape index (κ2) is 11.5. The Labute approximate surface area is 148 Å². The number of hydrogen-bond donors (Lipinski definition) is 0. The molecular weight excluding hydrogens is 296 g/mol. The number of rotatable bonds is 14. The zero-order valence-corrected chi connectivity index (χ0v) is 15.8. The molecule has 1 aliphatic rings. The number of hydrogen-bond acceptors (Lipinski definition) is 2. The fourth-order valence-corrected chi connectivity index (χ4v) is 2.94. The van der Waals surface area contributed by atoms with Crippen LogP contribution in [0.15, 0.2) is 24.3 Å². The van der Waals surface area contributed by atoms with Crippen molar-refractivity contribution < 1.29 is 9.47 Å². The summed E-state index contributed by atoms with van der Waals surface area (Å²) >= 11 is 0. The van der Waals surface area contributed by atoms with Crippen molar-refractivity contribution in [1.29, 1.82) is 0 Å². The Morgan fingerprint density at radius 3 is 2.29 bits per heavy atom. The van der Waals surface area contributed by atoms with Gasteiger partial charge >= 0.3 is 0 Å². The van der Waals surface area contributed by atoms with E-state index in [1.165, 1.54) is 63.4 Å². The third-order valence-corrected chi connectivity index (χ3v) is 4.75. The van der Waals surface area contributed by atoms with Crippen LogP contribution >= 0.6 is 0 Å². The van der Waals surface area contributed by atoms with Crippen LogP contribution in [0.1, 0.15) is 83.6 Å². The molecule has 0 saturated heterocycles. The third kappa shape index (κ3) is 8.19. The van der Waals surface area contributed by atoms with E-state index in [1.807, 2.05) is 0 Å². The molecule has 2 rings (SSSR count). The molecule has 1 atom stereocenters. The molecule has 0 N–H and O–H groups in total. The summed E-state index contributed by atoms with van der Waals surface area (Å²) in [6.45, 7) is 5.31. The molecule has 0 aliphatic heterocycles. The zero-order valence-electron chi connectivity index (χ0n) is 15.8. The maximum atomic E-state index is 6.04. The minimum atomic E-state index is -0.0833. The van der Waals surface area contributed by atoms with Gasteiger partial charge in [0.1, 0.15) is 5.75 Å². The van der Waals surface area contributed by atoms with Gasteiger partial charge in [0, 0.05) is 6.42 Å². The Kier molecular flexibility index (Phi) is 9.27. The van der Waals surface area contributed by atoms with E-state index in [0.717, 1.165) is 31.1 Å². The van der Waals surface area contributed by atoms with Crippen molar-refractivity contribution in [3.63, 3.8) is 0 Å². The van der Waals surface area contributed by atoms with Crippen molar-refractivity contribution in [3.05, 3.63) is 29.8 Å². The molecule has 0 aromatic heterocycles. The molecule has 136 valence electrons. The first-order chi connectivity index (χ1) is 11.8. The molecule has 24 heavy (non-hydrogen) atoms. The van der Waals surface area contributed by atoms with Gasteiger partial charge in [0.2, 0.25) is 0 Å². The molecule has 2 heteroatoms. The minimum Gasteiger partial charge on any atom is -0.465 e. The SMILES string of the molecule is CCCCCCCCc1ccc(OC(CCC)OCC2CC2)cc1. The third-order valence-electron chi connectivity index (χ3n) is 4.75. The summed E-state index contributed by atoms with van der Waals surface area (Å²) in [5.74, 6) is 1.73. The Morgan fingerprint density at radius 2 is 1.62 bits per heavy atom. The van der Waals surface area contributed by atoms with Crippen LogP contribution in [0, 0.1) is 5.92 Å². The lowest BCUT2D eigenvalue weighted by Crippen LogP contribution is -2.21. The topological polar surface area (TPSA) is 18.5 Å². The van der Waals surface area contributed by atoms with E-state index in [9.17, 15) is 0 Å². The molecule has 1 unspecified atom stereocenters. The largest absolute Gasteiger partial charge is 0.465 e. The summed E-state index contributed by atoms with van der Waals surface area (Å²) in [6, 6.07) is 8.64. The molecule has 1 aromatic rings. The van der Waals surface area contributed by atoms with Gasteiger partial charge in [-0.1, -0.05) is 64.5 Å². The lowest BCUT2D eigenvalue weighted by molar-refractivity contribution is -0.0883. The highest BCUT2D eigenvalue weighted by Gasteiger charge is 2.23. The molecule has 2 nitrogen and oxygen atoms in total. The fraction of sp³-hybridized carbons (Fsp3) is 0.727. The predicted octanol–water partition coefficient (Wildman–Crippen LogP) is 6.52. The molecule has 0 spiro atoms. The van der Waals surface area contributed by atoms with Gasteiger partial charge in [-0.05, 0) is 49.3 Å². The van der Waals surface area contributed by atoms with E-state index in [0.29, 0.717) is 0 Å². The van der Waals surface area contributed by atoms with Gasteiger partial charge in [-0.25, -0.2) is 0 Å². The fourth-order valence-electron chi connectivity index (χ4n) is 2.94. The van der Waals surface area contributed by atoms with Crippen molar-refractivity contribution in [2.24, 2.45) is 5.92 Å². The minimum absolute atomic E-state index is 0.0833. The van der Waals surface area contributed by atoms with Crippen molar-refractivity contribution in [1.82, 2.24) is 0 Å². The Morgan fingerprint density at radius 1 is 0.917 bits per heavy atom. The summed E-state index contributed by atoms with van der Waals surface area (Å²) < 4.78 is 12.0. The van der Waals surface area contributed by atoms with Gasteiger partial charge in [-0.15, -0.1) is 0 Å². The Balaban J connectivity index is 1.67. The first-order valence-electron chi connectivity index (χ1n) is 10.2. The van der Waals surface area contributed by atoms with Crippen molar-refractivity contribution in [3.8, 4) is 5.75 Å². The maximum absolute atomic E-state index is 6.04. The van der Waals surface area contributed by atoms with E-state index >= 15 is 0 Å². The number of aryl methyl sites for hydroxylation is 1. The van der Waals surface area contributed by atoms with Gasteiger partial charge in [0.25, 0.3) is 0 Å². The van der Waals surface area contributed by atoms with Gasteiger partial charge in [-0.2, -0.15) is 0 Å². The summed E-state index contributed by atoms with van der Waals surface area (Å²) in [5, 5.41) is 0.